The molecule has 0 radical (unpaired) electrons. The average Bonchev–Trinajstić information content (AvgIpc) is 2.40. The van der Waals surface area contributed by atoms with Gasteiger partial charge < -0.3 is 15.2 Å². The second-order valence-corrected chi connectivity index (χ2v) is 4.65. The zero-order valence-electron chi connectivity index (χ0n) is 11.5. The first-order chi connectivity index (χ1) is 8.77. The molecule has 3 heteroatoms. The zero-order valence-corrected chi connectivity index (χ0v) is 11.5. The van der Waals surface area contributed by atoms with Gasteiger partial charge in [-0.2, -0.15) is 0 Å². The Balaban J connectivity index is 2.26. The van der Waals surface area contributed by atoms with E-state index in [1.54, 1.807) is 0 Å². The predicted octanol–water partition coefficient (Wildman–Crippen LogP) is 2.58. The third-order valence-electron chi connectivity index (χ3n) is 2.95. The number of ether oxygens (including phenoxy) is 1. The van der Waals surface area contributed by atoms with Gasteiger partial charge in [-0.05, 0) is 38.3 Å². The molecule has 18 heavy (non-hydrogen) atoms. The molecule has 0 saturated heterocycles. The molecule has 1 aromatic carbocycles. The average molecular weight is 251 g/mol. The number of para-hydroxylation sites is 1. The molecule has 0 aliphatic carbocycles. The van der Waals surface area contributed by atoms with Gasteiger partial charge in [0.05, 0.1) is 6.61 Å². The third-order valence-corrected chi connectivity index (χ3v) is 2.95. The first kappa shape index (κ1) is 15.0. The molecular weight excluding hydrogens is 226 g/mol. The van der Waals surface area contributed by atoms with E-state index in [-0.39, 0.29) is 6.61 Å². The van der Waals surface area contributed by atoms with Gasteiger partial charge in [0.2, 0.25) is 0 Å². The van der Waals surface area contributed by atoms with Gasteiger partial charge in [0.1, 0.15) is 5.75 Å². The van der Waals surface area contributed by atoms with E-state index in [0.717, 1.165) is 31.7 Å². The van der Waals surface area contributed by atoms with Crippen LogP contribution in [0.5, 0.6) is 5.75 Å². The lowest BCUT2D eigenvalue weighted by molar-refractivity contribution is 0.228. The maximum absolute atomic E-state index is 8.93. The highest BCUT2D eigenvalue weighted by molar-refractivity contribution is 5.33. The van der Waals surface area contributed by atoms with Crippen LogP contribution in [0.2, 0.25) is 0 Å². The second kappa shape index (κ2) is 8.95. The quantitative estimate of drug-likeness (QED) is 0.663. The highest BCUT2D eigenvalue weighted by Gasteiger charge is 2.02. The van der Waals surface area contributed by atoms with Crippen molar-refractivity contribution in [2.75, 3.05) is 19.8 Å². The fourth-order valence-corrected chi connectivity index (χ4v) is 1.84. The Kier molecular flexibility index (Phi) is 7.46. The molecule has 0 saturated carbocycles. The monoisotopic (exact) mass is 251 g/mol. The molecule has 1 aromatic rings. The summed E-state index contributed by atoms with van der Waals surface area (Å²) in [5, 5.41) is 12.3. The second-order valence-electron chi connectivity index (χ2n) is 4.65. The standard InChI is InChI=1S/C15H25NO2/c1-3-18-15-9-5-4-8-14(15)11-16-10-6-7-13(2)12-17/h4-5,8-9,13,16-17H,3,6-7,10-12H2,1-2H3. The van der Waals surface area contributed by atoms with E-state index in [0.29, 0.717) is 12.5 Å². The van der Waals surface area contributed by atoms with Gasteiger partial charge >= 0.3 is 0 Å². The van der Waals surface area contributed by atoms with Crippen LogP contribution in [0.25, 0.3) is 0 Å². The maximum atomic E-state index is 8.93. The number of hydrogen-bond donors (Lipinski definition) is 2. The summed E-state index contributed by atoms with van der Waals surface area (Å²) >= 11 is 0. The van der Waals surface area contributed by atoms with Crippen molar-refractivity contribution in [1.29, 1.82) is 0 Å². The van der Waals surface area contributed by atoms with Crippen LogP contribution in [-0.2, 0) is 6.54 Å². The van der Waals surface area contributed by atoms with Crippen LogP contribution in [0.4, 0.5) is 0 Å². The van der Waals surface area contributed by atoms with Crippen LogP contribution in [0.3, 0.4) is 0 Å². The number of rotatable bonds is 9. The smallest absolute Gasteiger partial charge is 0.123 e. The van der Waals surface area contributed by atoms with E-state index in [4.69, 9.17) is 9.84 Å². The SMILES string of the molecule is CCOc1ccccc1CNCCCC(C)CO. The molecule has 0 amide bonds. The highest BCUT2D eigenvalue weighted by Crippen LogP contribution is 2.17. The molecular formula is C15H25NO2. The summed E-state index contributed by atoms with van der Waals surface area (Å²) in [4.78, 5) is 0. The van der Waals surface area contributed by atoms with Crippen molar-refractivity contribution >= 4 is 0 Å². The summed E-state index contributed by atoms with van der Waals surface area (Å²) in [6, 6.07) is 8.13. The number of nitrogens with one attached hydrogen (secondary N) is 1. The molecule has 0 spiro atoms. The fraction of sp³-hybridized carbons (Fsp3) is 0.600. The van der Waals surface area contributed by atoms with E-state index in [1.807, 2.05) is 25.1 Å². The summed E-state index contributed by atoms with van der Waals surface area (Å²) in [6.07, 6.45) is 2.16. The molecule has 3 nitrogen and oxygen atoms in total. The molecule has 1 unspecified atom stereocenters. The number of aliphatic hydroxyl groups excluding tert-OH is 1. The first-order valence-corrected chi connectivity index (χ1v) is 6.80. The van der Waals surface area contributed by atoms with Gasteiger partial charge in [0.25, 0.3) is 0 Å². The summed E-state index contributed by atoms with van der Waals surface area (Å²) in [5.74, 6) is 1.37. The van der Waals surface area contributed by atoms with E-state index in [2.05, 4.69) is 18.3 Å². The van der Waals surface area contributed by atoms with Gasteiger partial charge in [-0.15, -0.1) is 0 Å². The van der Waals surface area contributed by atoms with Crippen LogP contribution in [0, 0.1) is 5.92 Å². The van der Waals surface area contributed by atoms with E-state index in [1.165, 1.54) is 5.56 Å². The highest BCUT2D eigenvalue weighted by atomic mass is 16.5. The van der Waals surface area contributed by atoms with Gasteiger partial charge in [0.15, 0.2) is 0 Å². The molecule has 0 fully saturated rings. The lowest BCUT2D eigenvalue weighted by atomic mass is 10.1. The van der Waals surface area contributed by atoms with Gasteiger partial charge in [0, 0.05) is 18.7 Å². The minimum Gasteiger partial charge on any atom is -0.494 e. The van der Waals surface area contributed by atoms with E-state index < -0.39 is 0 Å². The number of benzene rings is 1. The lowest BCUT2D eigenvalue weighted by Gasteiger charge is -2.11. The van der Waals surface area contributed by atoms with Crippen LogP contribution >= 0.6 is 0 Å². The lowest BCUT2D eigenvalue weighted by Crippen LogP contribution is -2.16. The molecule has 1 rings (SSSR count). The van der Waals surface area contributed by atoms with Crippen LogP contribution in [0.15, 0.2) is 24.3 Å². The molecule has 0 aromatic heterocycles. The Morgan fingerprint density at radius 2 is 2.11 bits per heavy atom. The van der Waals surface area contributed by atoms with Crippen molar-refractivity contribution in [2.45, 2.75) is 33.2 Å². The van der Waals surface area contributed by atoms with Crippen molar-refractivity contribution in [3.05, 3.63) is 29.8 Å². The van der Waals surface area contributed by atoms with E-state index in [9.17, 15) is 0 Å². The van der Waals surface area contributed by atoms with Crippen LogP contribution in [-0.4, -0.2) is 24.9 Å². The number of aliphatic hydroxyl groups is 1. The molecule has 0 aliphatic heterocycles. The van der Waals surface area contributed by atoms with Crippen molar-refractivity contribution in [1.82, 2.24) is 5.32 Å². The Bertz CT molecular complexity index is 328. The van der Waals surface area contributed by atoms with Crippen molar-refractivity contribution in [2.24, 2.45) is 5.92 Å². The molecule has 2 N–H and O–H groups in total. The minimum atomic E-state index is 0.285. The molecule has 1 atom stereocenters. The summed E-state index contributed by atoms with van der Waals surface area (Å²) in [5.41, 5.74) is 1.20. The Morgan fingerprint density at radius 3 is 2.83 bits per heavy atom. The normalized spacial score (nSPS) is 12.4. The van der Waals surface area contributed by atoms with Crippen LogP contribution < -0.4 is 10.1 Å². The molecule has 0 heterocycles. The molecule has 0 bridgehead atoms. The van der Waals surface area contributed by atoms with Crippen molar-refractivity contribution < 1.29 is 9.84 Å². The molecule has 102 valence electrons. The summed E-state index contributed by atoms with van der Waals surface area (Å²) < 4.78 is 5.58. The van der Waals surface area contributed by atoms with Crippen molar-refractivity contribution in [3.63, 3.8) is 0 Å². The number of hydrogen-bond acceptors (Lipinski definition) is 3. The van der Waals surface area contributed by atoms with Gasteiger partial charge in [-0.1, -0.05) is 25.1 Å². The summed E-state index contributed by atoms with van der Waals surface area (Å²) in [6.45, 7) is 6.87. The van der Waals surface area contributed by atoms with E-state index >= 15 is 0 Å². The Labute approximate surface area is 110 Å². The van der Waals surface area contributed by atoms with Gasteiger partial charge in [-0.25, -0.2) is 0 Å². The largest absolute Gasteiger partial charge is 0.494 e. The molecule has 0 aliphatic rings. The topological polar surface area (TPSA) is 41.5 Å². The Hall–Kier alpha value is -1.06. The minimum absolute atomic E-state index is 0.285. The van der Waals surface area contributed by atoms with Gasteiger partial charge in [-0.3, -0.25) is 0 Å². The maximum Gasteiger partial charge on any atom is 0.123 e. The zero-order chi connectivity index (χ0) is 13.2. The fourth-order valence-electron chi connectivity index (χ4n) is 1.84. The Morgan fingerprint density at radius 1 is 1.33 bits per heavy atom. The van der Waals surface area contributed by atoms with Crippen molar-refractivity contribution in [3.8, 4) is 5.75 Å². The first-order valence-electron chi connectivity index (χ1n) is 6.80. The third kappa shape index (κ3) is 5.52. The summed E-state index contributed by atoms with van der Waals surface area (Å²) in [7, 11) is 0. The predicted molar refractivity (Wildman–Crippen MR) is 74.8 cm³/mol. The van der Waals surface area contributed by atoms with Crippen LogP contribution in [0.1, 0.15) is 32.3 Å².